The van der Waals surface area contributed by atoms with Crippen molar-refractivity contribution >= 4 is 33.9 Å². The molecule has 102 valence electrons. The Bertz CT molecular complexity index is 840. The van der Waals surface area contributed by atoms with Crippen LogP contribution in [0.2, 0.25) is 5.02 Å². The van der Waals surface area contributed by atoms with Gasteiger partial charge in [-0.05, 0) is 25.1 Å². The summed E-state index contributed by atoms with van der Waals surface area (Å²) in [4.78, 5) is 16.2. The van der Waals surface area contributed by atoms with Gasteiger partial charge in [-0.25, -0.2) is 14.2 Å². The highest BCUT2D eigenvalue weighted by atomic mass is 35.5. The number of aromatic nitrogens is 2. The molecule has 0 aliphatic carbocycles. The van der Waals surface area contributed by atoms with E-state index in [1.165, 1.54) is 12.1 Å². The van der Waals surface area contributed by atoms with Crippen LogP contribution in [-0.4, -0.2) is 20.5 Å². The van der Waals surface area contributed by atoms with Crippen LogP contribution in [0.1, 0.15) is 15.4 Å². The normalized spacial score (nSPS) is 11.2. The Morgan fingerprint density at radius 2 is 2.25 bits per heavy atom. The first-order valence-corrected chi connectivity index (χ1v) is 6.84. The summed E-state index contributed by atoms with van der Waals surface area (Å²) in [7, 11) is 0. The number of aromatic carboxylic acids is 1. The predicted molar refractivity (Wildman–Crippen MR) is 75.2 cm³/mol. The van der Waals surface area contributed by atoms with Crippen LogP contribution < -0.4 is 0 Å². The number of hydrogen-bond donors (Lipinski definition) is 1. The third-order valence-corrected chi connectivity index (χ3v) is 4.42. The Morgan fingerprint density at radius 1 is 1.50 bits per heavy atom. The molecule has 0 aliphatic heterocycles. The number of hydrogen-bond acceptors (Lipinski definition) is 3. The number of imidazole rings is 1. The van der Waals surface area contributed by atoms with E-state index >= 15 is 0 Å². The van der Waals surface area contributed by atoms with E-state index in [4.69, 9.17) is 16.7 Å². The monoisotopic (exact) mass is 310 g/mol. The van der Waals surface area contributed by atoms with Gasteiger partial charge in [0, 0.05) is 17.5 Å². The number of fused-ring (bicyclic) bond motifs is 1. The van der Waals surface area contributed by atoms with Crippen molar-refractivity contribution in [3.63, 3.8) is 0 Å². The van der Waals surface area contributed by atoms with Gasteiger partial charge in [-0.3, -0.25) is 4.40 Å². The van der Waals surface area contributed by atoms with Crippen molar-refractivity contribution in [2.45, 2.75) is 6.92 Å². The van der Waals surface area contributed by atoms with Crippen LogP contribution in [0.4, 0.5) is 4.39 Å². The van der Waals surface area contributed by atoms with Crippen LogP contribution in [-0.2, 0) is 0 Å². The molecule has 0 fully saturated rings. The molecule has 1 N–H and O–H groups in total. The number of carboxylic acid groups (broad SMARTS) is 1. The second-order valence-electron chi connectivity index (χ2n) is 4.22. The highest BCUT2D eigenvalue weighted by Gasteiger charge is 2.18. The molecule has 0 aliphatic rings. The van der Waals surface area contributed by atoms with Crippen LogP contribution in [0.5, 0.6) is 0 Å². The van der Waals surface area contributed by atoms with Crippen molar-refractivity contribution < 1.29 is 14.3 Å². The lowest BCUT2D eigenvalue weighted by Crippen LogP contribution is -1.96. The Balaban J connectivity index is 2.17. The number of halogens is 2. The van der Waals surface area contributed by atoms with E-state index in [0.29, 0.717) is 21.9 Å². The first-order chi connectivity index (χ1) is 9.47. The van der Waals surface area contributed by atoms with Gasteiger partial charge in [0.15, 0.2) is 4.96 Å². The number of carboxylic acids is 1. The molecule has 0 atom stereocenters. The molecule has 20 heavy (non-hydrogen) atoms. The highest BCUT2D eigenvalue weighted by Crippen LogP contribution is 2.31. The first kappa shape index (κ1) is 13.1. The van der Waals surface area contributed by atoms with Crippen molar-refractivity contribution in [2.24, 2.45) is 0 Å². The lowest BCUT2D eigenvalue weighted by Gasteiger charge is -2.00. The fourth-order valence-corrected chi connectivity index (χ4v) is 3.19. The van der Waals surface area contributed by atoms with Crippen molar-refractivity contribution in [3.8, 4) is 11.3 Å². The van der Waals surface area contributed by atoms with Crippen LogP contribution in [0.25, 0.3) is 16.2 Å². The zero-order valence-corrected chi connectivity index (χ0v) is 11.8. The van der Waals surface area contributed by atoms with Gasteiger partial charge in [-0.15, -0.1) is 0 Å². The molecule has 0 saturated heterocycles. The molecular formula is C13H8ClFN2O2S. The van der Waals surface area contributed by atoms with Crippen molar-refractivity contribution in [2.75, 3.05) is 0 Å². The average Bonchev–Trinajstić information content (AvgIpc) is 2.89. The largest absolute Gasteiger partial charge is 0.477 e. The number of rotatable bonds is 2. The summed E-state index contributed by atoms with van der Waals surface area (Å²) >= 11 is 7.09. The third kappa shape index (κ3) is 1.97. The molecule has 0 radical (unpaired) electrons. The number of nitrogens with zero attached hydrogens (tertiary/aromatic N) is 2. The summed E-state index contributed by atoms with van der Waals surface area (Å²) in [5, 5.41) is 9.32. The SMILES string of the molecule is Cc1c(C(=O)O)sc2nc(-c3ccc(F)cc3Cl)cn12. The number of carbonyl (C=O) groups is 1. The summed E-state index contributed by atoms with van der Waals surface area (Å²) in [5.74, 6) is -1.39. The maximum absolute atomic E-state index is 13.0. The number of aryl methyl sites for hydroxylation is 1. The van der Waals surface area contributed by atoms with Crippen LogP contribution in [0, 0.1) is 12.7 Å². The fraction of sp³-hybridized carbons (Fsp3) is 0.0769. The first-order valence-electron chi connectivity index (χ1n) is 5.64. The molecule has 0 saturated carbocycles. The standard InChI is InChI=1S/C13H8ClFN2O2S/c1-6-11(12(18)19)20-13-16-10(5-17(6)13)8-3-2-7(15)4-9(8)14/h2-5H,1H3,(H,18,19). The van der Waals surface area contributed by atoms with Crippen LogP contribution in [0.15, 0.2) is 24.4 Å². The second-order valence-corrected chi connectivity index (χ2v) is 5.61. The van der Waals surface area contributed by atoms with Crippen molar-refractivity contribution in [1.29, 1.82) is 0 Å². The predicted octanol–water partition coefficient (Wildman–Crippen LogP) is 3.86. The highest BCUT2D eigenvalue weighted by molar-refractivity contribution is 7.19. The molecule has 0 spiro atoms. The summed E-state index contributed by atoms with van der Waals surface area (Å²) in [6.07, 6.45) is 1.70. The van der Waals surface area contributed by atoms with E-state index in [-0.39, 0.29) is 9.90 Å². The summed E-state index contributed by atoms with van der Waals surface area (Å²) in [5.41, 5.74) is 1.80. The Labute approximate surface area is 122 Å². The maximum Gasteiger partial charge on any atom is 0.347 e. The zero-order valence-electron chi connectivity index (χ0n) is 10.2. The van der Waals surface area contributed by atoms with E-state index in [2.05, 4.69) is 4.98 Å². The van der Waals surface area contributed by atoms with E-state index in [0.717, 1.165) is 11.3 Å². The minimum Gasteiger partial charge on any atom is -0.477 e. The molecule has 3 rings (SSSR count). The number of thiazole rings is 1. The molecule has 4 nitrogen and oxygen atoms in total. The molecule has 3 aromatic rings. The van der Waals surface area contributed by atoms with Gasteiger partial charge in [0.1, 0.15) is 10.7 Å². The van der Waals surface area contributed by atoms with Gasteiger partial charge < -0.3 is 5.11 Å². The minimum atomic E-state index is -0.973. The van der Waals surface area contributed by atoms with Gasteiger partial charge in [-0.1, -0.05) is 22.9 Å². The molecule has 1 aromatic carbocycles. The van der Waals surface area contributed by atoms with Gasteiger partial charge in [0.2, 0.25) is 0 Å². The van der Waals surface area contributed by atoms with E-state index in [1.54, 1.807) is 23.6 Å². The molecule has 7 heteroatoms. The summed E-state index contributed by atoms with van der Waals surface area (Å²) in [6.45, 7) is 1.71. The number of benzene rings is 1. The molecule has 2 heterocycles. The van der Waals surface area contributed by atoms with Crippen LogP contribution >= 0.6 is 22.9 Å². The second kappa shape index (κ2) is 4.57. The molecule has 0 unspecified atom stereocenters. The van der Waals surface area contributed by atoms with Gasteiger partial charge in [0.25, 0.3) is 0 Å². The topological polar surface area (TPSA) is 54.6 Å². The molecule has 0 amide bonds. The Morgan fingerprint density at radius 3 is 2.85 bits per heavy atom. The summed E-state index contributed by atoms with van der Waals surface area (Å²) < 4.78 is 14.7. The van der Waals surface area contributed by atoms with Gasteiger partial charge in [-0.2, -0.15) is 0 Å². The third-order valence-electron chi connectivity index (χ3n) is 2.96. The Kier molecular flexibility index (Phi) is 2.99. The smallest absolute Gasteiger partial charge is 0.347 e. The fourth-order valence-electron chi connectivity index (χ4n) is 1.98. The molecular weight excluding hydrogens is 303 g/mol. The van der Waals surface area contributed by atoms with E-state index < -0.39 is 11.8 Å². The van der Waals surface area contributed by atoms with Crippen LogP contribution in [0.3, 0.4) is 0 Å². The van der Waals surface area contributed by atoms with Crippen molar-refractivity contribution in [3.05, 3.63) is 45.8 Å². The zero-order chi connectivity index (χ0) is 14.4. The Hall–Kier alpha value is -1.92. The van der Waals surface area contributed by atoms with Gasteiger partial charge >= 0.3 is 5.97 Å². The molecule has 0 bridgehead atoms. The molecule has 2 aromatic heterocycles. The average molecular weight is 311 g/mol. The van der Waals surface area contributed by atoms with Crippen molar-refractivity contribution in [1.82, 2.24) is 9.38 Å². The van der Waals surface area contributed by atoms with Gasteiger partial charge in [0.05, 0.1) is 10.7 Å². The lowest BCUT2D eigenvalue weighted by molar-refractivity contribution is 0.0701. The maximum atomic E-state index is 13.0. The van der Waals surface area contributed by atoms with E-state index in [1.807, 2.05) is 0 Å². The van der Waals surface area contributed by atoms with E-state index in [9.17, 15) is 9.18 Å². The minimum absolute atomic E-state index is 0.254. The quantitative estimate of drug-likeness (QED) is 0.782. The summed E-state index contributed by atoms with van der Waals surface area (Å²) in [6, 6.07) is 4.08. The lowest BCUT2D eigenvalue weighted by atomic mass is 10.2.